The molecule has 10 heteroatoms. The number of halogens is 1. The van der Waals surface area contributed by atoms with Crippen molar-refractivity contribution in [2.75, 3.05) is 24.6 Å². The number of amides is 1. The van der Waals surface area contributed by atoms with E-state index in [2.05, 4.69) is 26.7 Å². The van der Waals surface area contributed by atoms with Crippen molar-refractivity contribution in [3.05, 3.63) is 100 Å². The van der Waals surface area contributed by atoms with Crippen molar-refractivity contribution in [3.63, 3.8) is 0 Å². The minimum absolute atomic E-state index is 0.0944. The van der Waals surface area contributed by atoms with Gasteiger partial charge in [0.1, 0.15) is 11.0 Å². The molecule has 1 amide bonds. The molecule has 3 heterocycles. The van der Waals surface area contributed by atoms with Crippen LogP contribution >= 0.6 is 11.6 Å². The van der Waals surface area contributed by atoms with Crippen molar-refractivity contribution in [1.29, 1.82) is 0 Å². The van der Waals surface area contributed by atoms with Crippen LogP contribution in [0, 0.1) is 11.8 Å². The van der Waals surface area contributed by atoms with Gasteiger partial charge in [0.15, 0.2) is 0 Å². The molecule has 0 unspecified atom stereocenters. The first-order valence-corrected chi connectivity index (χ1v) is 17.8. The maximum Gasteiger partial charge on any atom is 0.264 e. The molecule has 1 saturated carbocycles. The number of aromatic nitrogens is 1. The maximum atomic E-state index is 13.7. The van der Waals surface area contributed by atoms with Crippen LogP contribution in [-0.4, -0.2) is 50.2 Å². The largest absolute Gasteiger partial charge is 0.490 e. The Labute approximate surface area is 269 Å². The van der Waals surface area contributed by atoms with Crippen LogP contribution in [0.1, 0.15) is 71.0 Å². The minimum atomic E-state index is -4.14. The fourth-order valence-corrected chi connectivity index (χ4v) is 9.34. The summed E-state index contributed by atoms with van der Waals surface area (Å²) in [7, 11) is -4.14. The second-order valence-electron chi connectivity index (χ2n) is 13.0. The molecule has 45 heavy (non-hydrogen) atoms. The van der Waals surface area contributed by atoms with E-state index in [1.165, 1.54) is 11.1 Å². The number of rotatable bonds is 1. The molecule has 1 aromatic heterocycles. The number of aliphatic hydroxyl groups excluding tert-OH is 1. The van der Waals surface area contributed by atoms with Gasteiger partial charge in [0.2, 0.25) is 10.0 Å². The molecule has 1 spiro atoms. The molecule has 3 aromatic rings. The predicted molar refractivity (Wildman–Crippen MR) is 174 cm³/mol. The Morgan fingerprint density at radius 3 is 2.78 bits per heavy atom. The summed E-state index contributed by atoms with van der Waals surface area (Å²) >= 11 is 6.40. The van der Waals surface area contributed by atoms with Gasteiger partial charge in [-0.15, -0.1) is 0 Å². The number of sulfonamides is 1. The molecule has 8 nitrogen and oxygen atoms in total. The second kappa shape index (κ2) is 12.1. The number of carbonyl (C=O) groups is 1. The highest BCUT2D eigenvalue weighted by Gasteiger charge is 2.44. The monoisotopic (exact) mass is 647 g/mol. The van der Waals surface area contributed by atoms with E-state index in [0.717, 1.165) is 42.8 Å². The number of hydrogen-bond acceptors (Lipinski definition) is 7. The van der Waals surface area contributed by atoms with Crippen LogP contribution in [0.2, 0.25) is 5.02 Å². The van der Waals surface area contributed by atoms with Crippen LogP contribution in [-0.2, 0) is 21.9 Å². The van der Waals surface area contributed by atoms with E-state index in [9.17, 15) is 18.3 Å². The van der Waals surface area contributed by atoms with Crippen molar-refractivity contribution in [3.8, 4) is 5.75 Å². The number of pyridine rings is 1. The van der Waals surface area contributed by atoms with Crippen LogP contribution in [0.5, 0.6) is 5.75 Å². The van der Waals surface area contributed by atoms with Gasteiger partial charge in [-0.2, -0.15) is 0 Å². The van der Waals surface area contributed by atoms with Crippen molar-refractivity contribution in [1.82, 2.24) is 9.71 Å². The van der Waals surface area contributed by atoms with E-state index in [1.807, 2.05) is 18.2 Å². The van der Waals surface area contributed by atoms with Crippen molar-refractivity contribution in [2.45, 2.75) is 61.7 Å². The molecule has 0 radical (unpaired) electrons. The van der Waals surface area contributed by atoms with E-state index in [0.29, 0.717) is 37.6 Å². The first-order valence-electron chi connectivity index (χ1n) is 15.8. The van der Waals surface area contributed by atoms with Crippen LogP contribution in [0.25, 0.3) is 0 Å². The molecule has 5 atom stereocenters. The summed E-state index contributed by atoms with van der Waals surface area (Å²) in [5.41, 5.74) is 3.59. The summed E-state index contributed by atoms with van der Waals surface area (Å²) < 4.78 is 36.2. The lowest BCUT2D eigenvalue weighted by Crippen LogP contribution is -2.49. The zero-order chi connectivity index (χ0) is 31.2. The summed E-state index contributed by atoms with van der Waals surface area (Å²) in [4.78, 5) is 20.2. The zero-order valence-corrected chi connectivity index (χ0v) is 26.6. The summed E-state index contributed by atoms with van der Waals surface area (Å²) in [6.45, 7) is 1.85. The fourth-order valence-electron chi connectivity index (χ4n) is 7.72. The lowest BCUT2D eigenvalue weighted by Gasteiger charge is -2.45. The van der Waals surface area contributed by atoms with Gasteiger partial charge < -0.3 is 14.7 Å². The number of allylic oxidation sites excluding steroid dienone is 1. The molecule has 236 valence electrons. The third-order valence-electron chi connectivity index (χ3n) is 10.2. The van der Waals surface area contributed by atoms with Crippen LogP contribution in [0.3, 0.4) is 0 Å². The van der Waals surface area contributed by atoms with Gasteiger partial charge in [-0.1, -0.05) is 35.9 Å². The van der Waals surface area contributed by atoms with Gasteiger partial charge in [-0.05, 0) is 110 Å². The van der Waals surface area contributed by atoms with E-state index in [1.54, 1.807) is 42.6 Å². The summed E-state index contributed by atoms with van der Waals surface area (Å²) in [5, 5.41) is 10.9. The molecular weight excluding hydrogens is 610 g/mol. The summed E-state index contributed by atoms with van der Waals surface area (Å²) in [6.07, 6.45) is 10.1. The first-order chi connectivity index (χ1) is 21.7. The topological polar surface area (TPSA) is 109 Å². The zero-order valence-electron chi connectivity index (χ0n) is 25.1. The number of benzene rings is 2. The lowest BCUT2D eigenvalue weighted by atomic mass is 9.68. The quantitative estimate of drug-likeness (QED) is 0.324. The maximum absolute atomic E-state index is 13.7. The summed E-state index contributed by atoms with van der Waals surface area (Å²) in [6, 6.07) is 16.4. The van der Waals surface area contributed by atoms with Crippen LogP contribution < -0.4 is 14.4 Å². The second-order valence-corrected chi connectivity index (χ2v) is 15.3. The van der Waals surface area contributed by atoms with Gasteiger partial charge in [0, 0.05) is 35.3 Å². The number of aliphatic hydroxyl groups is 1. The van der Waals surface area contributed by atoms with E-state index < -0.39 is 27.3 Å². The molecule has 4 aliphatic rings. The van der Waals surface area contributed by atoms with E-state index in [4.69, 9.17) is 16.3 Å². The standard InChI is InChI=1S/C35H38ClN3O5S/c36-26-12-14-28-23(18-26)6-5-16-35(28)21-39-20-25-10-13-27(25)31(40)8-1-2-9-33(29-7-3-4-17-37-29)45(42,43)38-34(41)24-11-15-32(44-22-35)30(39)19-24/h1,3-4,7-8,11-12,14-15,17-19,25,27,31,33,40H,2,5-6,9-10,13,16,20-22H2,(H,38,41)/b8-1-/t25-,27+,31-,33-,35-/m0/s1. The van der Waals surface area contributed by atoms with Crippen molar-refractivity contribution >= 4 is 33.2 Å². The SMILES string of the molecule is O=C1NS(=O)(=O)[C@H](c2ccccn2)CC/C=C\[C@H](O)[C@@H]2CC[C@H]2CN2C[C@@]3(CCCc4cc(Cl)ccc43)COc3ccc1cc32. The van der Waals surface area contributed by atoms with E-state index >= 15 is 0 Å². The van der Waals surface area contributed by atoms with Gasteiger partial charge >= 0.3 is 0 Å². The number of hydrogen-bond donors (Lipinski definition) is 2. The Morgan fingerprint density at radius 2 is 1.98 bits per heavy atom. The van der Waals surface area contributed by atoms with Crippen molar-refractivity contribution < 1.29 is 23.1 Å². The molecule has 2 bridgehead atoms. The highest BCUT2D eigenvalue weighted by Crippen LogP contribution is 2.47. The number of ether oxygens (including phenoxy) is 1. The average molecular weight is 648 g/mol. The first kappa shape index (κ1) is 30.3. The number of fused-ring (bicyclic) bond motifs is 4. The van der Waals surface area contributed by atoms with Crippen LogP contribution in [0.15, 0.2) is 72.9 Å². The lowest BCUT2D eigenvalue weighted by molar-refractivity contribution is 0.0456. The van der Waals surface area contributed by atoms with Crippen LogP contribution in [0.4, 0.5) is 5.69 Å². The van der Waals surface area contributed by atoms with E-state index in [-0.39, 0.29) is 29.2 Å². The number of nitrogens with zero attached hydrogens (tertiary/aromatic N) is 2. The Balaban J connectivity index is 1.29. The molecule has 0 saturated heterocycles. The smallest absolute Gasteiger partial charge is 0.264 e. The molecule has 2 N–H and O–H groups in total. The Bertz CT molecular complexity index is 1730. The number of aryl methyl sites for hydroxylation is 1. The van der Waals surface area contributed by atoms with Gasteiger partial charge in [0.05, 0.1) is 24.1 Å². The third-order valence-corrected chi connectivity index (χ3v) is 12.2. The highest BCUT2D eigenvalue weighted by atomic mass is 35.5. The third kappa shape index (κ3) is 5.86. The molecule has 1 fully saturated rings. The summed E-state index contributed by atoms with van der Waals surface area (Å²) in [5.74, 6) is 0.330. The molecule has 2 aromatic carbocycles. The Kier molecular flexibility index (Phi) is 8.12. The number of anilines is 1. The van der Waals surface area contributed by atoms with Gasteiger partial charge in [-0.3, -0.25) is 9.78 Å². The highest BCUT2D eigenvalue weighted by molar-refractivity contribution is 7.90. The normalized spacial score (nSPS) is 30.1. The molecule has 2 aliphatic heterocycles. The Morgan fingerprint density at radius 1 is 1.09 bits per heavy atom. The number of nitrogens with one attached hydrogen (secondary N) is 1. The minimum Gasteiger partial charge on any atom is -0.490 e. The average Bonchev–Trinajstić information content (AvgIpc) is 3.15. The Hall–Kier alpha value is -3.40. The number of carbonyl (C=O) groups excluding carboxylic acids is 1. The molecule has 7 rings (SSSR count). The fraction of sp³-hybridized carbons (Fsp3) is 0.429. The molecular formula is C35H38ClN3O5S. The van der Waals surface area contributed by atoms with Gasteiger partial charge in [-0.25, -0.2) is 13.1 Å². The molecule has 2 aliphatic carbocycles. The predicted octanol–water partition coefficient (Wildman–Crippen LogP) is 5.75. The van der Waals surface area contributed by atoms with Gasteiger partial charge in [0.25, 0.3) is 5.91 Å². The van der Waals surface area contributed by atoms with Crippen molar-refractivity contribution in [2.24, 2.45) is 11.8 Å².